The normalized spacial score (nSPS) is 12.4. The van der Waals surface area contributed by atoms with Gasteiger partial charge in [-0.3, -0.25) is 4.79 Å². The molecule has 0 saturated heterocycles. The fraction of sp³-hybridized carbons (Fsp3) is 0.500. The first kappa shape index (κ1) is 20.7. The Bertz CT molecular complexity index is 590. The van der Waals surface area contributed by atoms with Gasteiger partial charge in [0.1, 0.15) is 12.4 Å². The van der Waals surface area contributed by atoms with Gasteiger partial charge < -0.3 is 15.8 Å². The minimum absolute atomic E-state index is 0. The molecule has 1 atom stereocenters. The van der Waals surface area contributed by atoms with Gasteiger partial charge in [-0.1, -0.05) is 19.9 Å². The van der Waals surface area contributed by atoms with Gasteiger partial charge in [0, 0.05) is 18.0 Å². The summed E-state index contributed by atoms with van der Waals surface area (Å²) in [4.78, 5) is 11.9. The highest BCUT2D eigenvalue weighted by Crippen LogP contribution is 2.18. The minimum atomic E-state index is -3.06. The third-order valence-electron chi connectivity index (χ3n) is 2.85. The van der Waals surface area contributed by atoms with E-state index < -0.39 is 15.9 Å². The van der Waals surface area contributed by atoms with Crippen LogP contribution in [0.25, 0.3) is 0 Å². The summed E-state index contributed by atoms with van der Waals surface area (Å²) in [6.45, 7) is 3.81. The number of sulfone groups is 1. The number of rotatable bonds is 7. The van der Waals surface area contributed by atoms with E-state index in [4.69, 9.17) is 10.5 Å². The van der Waals surface area contributed by atoms with Crippen molar-refractivity contribution in [2.75, 3.05) is 23.9 Å². The van der Waals surface area contributed by atoms with Crippen LogP contribution in [0.1, 0.15) is 13.8 Å². The summed E-state index contributed by atoms with van der Waals surface area (Å²) in [7, 11) is -3.06. The van der Waals surface area contributed by atoms with E-state index in [1.54, 1.807) is 24.3 Å². The van der Waals surface area contributed by atoms with E-state index >= 15 is 0 Å². The number of carbonyl (C=O) groups is 1. The standard InChI is InChI=1S/C14H22N2O4S.ClH/c1-10(2)13(15)14(17)16-11-5-4-6-12(9-11)20-7-8-21(3,18)19;/h4-6,9-10,13H,7-8,15H2,1-3H3,(H,16,17);1H/t13-;/m0./s1. The monoisotopic (exact) mass is 350 g/mol. The second kappa shape index (κ2) is 8.97. The van der Waals surface area contributed by atoms with Crippen molar-refractivity contribution in [2.24, 2.45) is 11.7 Å². The largest absolute Gasteiger partial charge is 0.492 e. The molecule has 6 nitrogen and oxygen atoms in total. The first-order valence-corrected chi connectivity index (χ1v) is 8.72. The first-order valence-electron chi connectivity index (χ1n) is 6.66. The summed E-state index contributed by atoms with van der Waals surface area (Å²) < 4.78 is 27.4. The number of nitrogens with one attached hydrogen (secondary N) is 1. The molecule has 0 aliphatic carbocycles. The lowest BCUT2D eigenvalue weighted by atomic mass is 10.0. The lowest BCUT2D eigenvalue weighted by Gasteiger charge is -2.15. The average molecular weight is 351 g/mol. The van der Waals surface area contributed by atoms with Gasteiger partial charge in [0.2, 0.25) is 5.91 Å². The number of amides is 1. The molecule has 0 aliphatic rings. The number of carbonyl (C=O) groups excluding carboxylic acids is 1. The fourth-order valence-corrected chi connectivity index (χ4v) is 1.89. The van der Waals surface area contributed by atoms with Crippen molar-refractivity contribution in [2.45, 2.75) is 19.9 Å². The quantitative estimate of drug-likeness (QED) is 0.775. The van der Waals surface area contributed by atoms with E-state index in [0.29, 0.717) is 11.4 Å². The highest BCUT2D eigenvalue weighted by atomic mass is 35.5. The smallest absolute Gasteiger partial charge is 0.241 e. The van der Waals surface area contributed by atoms with Crippen LogP contribution < -0.4 is 15.8 Å². The zero-order chi connectivity index (χ0) is 16.0. The molecule has 0 radical (unpaired) electrons. The Labute approximate surface area is 137 Å². The Hall–Kier alpha value is -1.31. The van der Waals surface area contributed by atoms with Crippen LogP contribution in [0.4, 0.5) is 5.69 Å². The molecule has 22 heavy (non-hydrogen) atoms. The van der Waals surface area contributed by atoms with Crippen molar-refractivity contribution in [1.82, 2.24) is 0 Å². The second-order valence-corrected chi connectivity index (χ2v) is 7.52. The van der Waals surface area contributed by atoms with Gasteiger partial charge in [-0.25, -0.2) is 8.42 Å². The zero-order valence-electron chi connectivity index (χ0n) is 12.9. The Morgan fingerprint density at radius 2 is 2.00 bits per heavy atom. The summed E-state index contributed by atoms with van der Waals surface area (Å²) in [5.74, 6) is 0.217. The van der Waals surface area contributed by atoms with E-state index in [1.807, 2.05) is 13.8 Å². The van der Waals surface area contributed by atoms with E-state index in [0.717, 1.165) is 6.26 Å². The molecule has 0 fully saturated rings. The minimum Gasteiger partial charge on any atom is -0.492 e. The lowest BCUT2D eigenvalue weighted by Crippen LogP contribution is -2.39. The zero-order valence-corrected chi connectivity index (χ0v) is 14.5. The van der Waals surface area contributed by atoms with E-state index in [9.17, 15) is 13.2 Å². The average Bonchev–Trinajstić information content (AvgIpc) is 2.36. The highest BCUT2D eigenvalue weighted by molar-refractivity contribution is 7.90. The number of anilines is 1. The van der Waals surface area contributed by atoms with Gasteiger partial charge in [-0.05, 0) is 18.1 Å². The van der Waals surface area contributed by atoms with Crippen molar-refractivity contribution in [3.8, 4) is 5.75 Å². The van der Waals surface area contributed by atoms with E-state index in [1.165, 1.54) is 0 Å². The molecule has 1 aromatic rings. The Morgan fingerprint density at radius 1 is 1.36 bits per heavy atom. The molecule has 0 aromatic heterocycles. The molecule has 8 heteroatoms. The molecular weight excluding hydrogens is 328 g/mol. The molecule has 1 rings (SSSR count). The van der Waals surface area contributed by atoms with Gasteiger partial charge in [-0.15, -0.1) is 12.4 Å². The summed E-state index contributed by atoms with van der Waals surface area (Å²) in [5.41, 5.74) is 6.33. The van der Waals surface area contributed by atoms with Gasteiger partial charge in [-0.2, -0.15) is 0 Å². The van der Waals surface area contributed by atoms with Crippen LogP contribution in [0.2, 0.25) is 0 Å². The number of ether oxygens (including phenoxy) is 1. The van der Waals surface area contributed by atoms with Crippen LogP contribution in [-0.2, 0) is 14.6 Å². The van der Waals surface area contributed by atoms with Crippen LogP contribution in [0.5, 0.6) is 5.75 Å². The second-order valence-electron chi connectivity index (χ2n) is 5.27. The van der Waals surface area contributed by atoms with Gasteiger partial charge in [0.05, 0.1) is 11.8 Å². The lowest BCUT2D eigenvalue weighted by molar-refractivity contribution is -0.118. The Balaban J connectivity index is 0.00000441. The van der Waals surface area contributed by atoms with Crippen LogP contribution in [0.3, 0.4) is 0 Å². The van der Waals surface area contributed by atoms with Gasteiger partial charge >= 0.3 is 0 Å². The van der Waals surface area contributed by atoms with Crippen LogP contribution in [0.15, 0.2) is 24.3 Å². The number of nitrogens with two attached hydrogens (primary N) is 1. The number of hydrogen-bond acceptors (Lipinski definition) is 5. The van der Waals surface area contributed by atoms with Crippen LogP contribution in [-0.4, -0.2) is 39.0 Å². The molecule has 1 aromatic carbocycles. The molecule has 0 unspecified atom stereocenters. The van der Waals surface area contributed by atoms with E-state index in [2.05, 4.69) is 5.32 Å². The fourth-order valence-electron chi connectivity index (χ4n) is 1.50. The topological polar surface area (TPSA) is 98.5 Å². The summed E-state index contributed by atoms with van der Waals surface area (Å²) in [6.07, 6.45) is 1.15. The number of benzene rings is 1. The predicted octanol–water partition coefficient (Wildman–Crippen LogP) is 1.45. The molecule has 0 saturated carbocycles. The number of halogens is 1. The maximum Gasteiger partial charge on any atom is 0.241 e. The van der Waals surface area contributed by atoms with Crippen molar-refractivity contribution < 1.29 is 17.9 Å². The molecule has 0 aliphatic heterocycles. The molecule has 0 spiro atoms. The molecule has 0 bridgehead atoms. The molecule has 1 amide bonds. The molecule has 3 N–H and O–H groups in total. The maximum atomic E-state index is 11.9. The van der Waals surface area contributed by atoms with Crippen molar-refractivity contribution in [3.05, 3.63) is 24.3 Å². The number of hydrogen-bond donors (Lipinski definition) is 2. The SMILES string of the molecule is CC(C)[C@H](N)C(=O)Nc1cccc(OCCS(C)(=O)=O)c1.Cl. The first-order chi connectivity index (χ1) is 9.69. The highest BCUT2D eigenvalue weighted by Gasteiger charge is 2.17. The molecule has 0 heterocycles. The van der Waals surface area contributed by atoms with Crippen molar-refractivity contribution in [1.29, 1.82) is 0 Å². The van der Waals surface area contributed by atoms with Crippen LogP contribution >= 0.6 is 12.4 Å². The third kappa shape index (κ3) is 7.63. The summed E-state index contributed by atoms with van der Waals surface area (Å²) >= 11 is 0. The van der Waals surface area contributed by atoms with Gasteiger partial charge in [0.25, 0.3) is 0 Å². The van der Waals surface area contributed by atoms with E-state index in [-0.39, 0.29) is 36.6 Å². The molecular formula is C14H23ClN2O4S. The van der Waals surface area contributed by atoms with Crippen molar-refractivity contribution in [3.63, 3.8) is 0 Å². The molecule has 126 valence electrons. The van der Waals surface area contributed by atoms with Gasteiger partial charge in [0.15, 0.2) is 9.84 Å². The predicted molar refractivity (Wildman–Crippen MR) is 90.3 cm³/mol. The van der Waals surface area contributed by atoms with Crippen LogP contribution in [0, 0.1) is 5.92 Å². The Kier molecular flexibility index (Phi) is 8.44. The van der Waals surface area contributed by atoms with Crippen molar-refractivity contribution >= 4 is 33.8 Å². The summed E-state index contributed by atoms with van der Waals surface area (Å²) in [6, 6.07) is 6.17. The Morgan fingerprint density at radius 3 is 2.55 bits per heavy atom. The third-order valence-corrected chi connectivity index (χ3v) is 3.75. The summed E-state index contributed by atoms with van der Waals surface area (Å²) in [5, 5.41) is 2.71. The maximum absolute atomic E-state index is 11.9.